The zero-order chi connectivity index (χ0) is 14.6. The van der Waals surface area contributed by atoms with Crippen LogP contribution >= 0.6 is 27.7 Å². The molecule has 0 saturated heterocycles. The minimum Gasteiger partial charge on any atom is -0.313 e. The van der Waals surface area contributed by atoms with Crippen LogP contribution in [0, 0.1) is 0 Å². The Labute approximate surface area is 129 Å². The number of benzene rings is 1. The van der Waals surface area contributed by atoms with Crippen molar-refractivity contribution in [1.29, 1.82) is 0 Å². The maximum atomic E-state index is 12.2. The SMILES string of the molecule is FC(F)(F)SCCC(CNC1CC1)c1ccccc1Br. The van der Waals surface area contributed by atoms with Crippen LogP contribution in [0.5, 0.6) is 0 Å². The highest BCUT2D eigenvalue weighted by Crippen LogP contribution is 2.34. The molecule has 1 atom stereocenters. The van der Waals surface area contributed by atoms with Crippen molar-refractivity contribution < 1.29 is 13.2 Å². The quantitative estimate of drug-likeness (QED) is 0.733. The van der Waals surface area contributed by atoms with E-state index < -0.39 is 5.51 Å². The molecule has 1 saturated carbocycles. The highest BCUT2D eigenvalue weighted by atomic mass is 79.9. The van der Waals surface area contributed by atoms with Crippen molar-refractivity contribution >= 4 is 27.7 Å². The van der Waals surface area contributed by atoms with E-state index in [0.29, 0.717) is 12.5 Å². The molecule has 20 heavy (non-hydrogen) atoms. The number of thioether (sulfide) groups is 1. The van der Waals surface area contributed by atoms with Crippen molar-refractivity contribution in [2.45, 2.75) is 36.7 Å². The van der Waals surface area contributed by atoms with Gasteiger partial charge in [-0.15, -0.1) is 0 Å². The van der Waals surface area contributed by atoms with Crippen molar-refractivity contribution in [2.75, 3.05) is 12.3 Å². The fourth-order valence-electron chi connectivity index (χ4n) is 2.09. The van der Waals surface area contributed by atoms with Gasteiger partial charge in [0.05, 0.1) is 0 Å². The first-order valence-electron chi connectivity index (χ1n) is 6.64. The van der Waals surface area contributed by atoms with Gasteiger partial charge in [-0.05, 0) is 36.8 Å². The zero-order valence-corrected chi connectivity index (χ0v) is 13.3. The second-order valence-electron chi connectivity index (χ2n) is 4.98. The van der Waals surface area contributed by atoms with Crippen LogP contribution < -0.4 is 5.32 Å². The normalized spacial score (nSPS) is 17.2. The van der Waals surface area contributed by atoms with Gasteiger partial charge in [0.15, 0.2) is 0 Å². The summed E-state index contributed by atoms with van der Waals surface area (Å²) in [6.45, 7) is 0.742. The predicted molar refractivity (Wildman–Crippen MR) is 81.0 cm³/mol. The van der Waals surface area contributed by atoms with Gasteiger partial charge in [0, 0.05) is 22.8 Å². The first-order chi connectivity index (χ1) is 9.46. The van der Waals surface area contributed by atoms with Crippen LogP contribution in [0.1, 0.15) is 30.7 Å². The van der Waals surface area contributed by atoms with Crippen LogP contribution in [0.15, 0.2) is 28.7 Å². The maximum Gasteiger partial charge on any atom is 0.441 e. The lowest BCUT2D eigenvalue weighted by molar-refractivity contribution is -0.0328. The lowest BCUT2D eigenvalue weighted by Crippen LogP contribution is -2.24. The molecule has 0 amide bonds. The van der Waals surface area contributed by atoms with Gasteiger partial charge in [-0.2, -0.15) is 13.2 Å². The van der Waals surface area contributed by atoms with Crippen molar-refractivity contribution in [1.82, 2.24) is 5.32 Å². The van der Waals surface area contributed by atoms with Crippen LogP contribution in [0.2, 0.25) is 0 Å². The van der Waals surface area contributed by atoms with Crippen molar-refractivity contribution in [3.63, 3.8) is 0 Å². The van der Waals surface area contributed by atoms with Crippen molar-refractivity contribution in [3.8, 4) is 0 Å². The van der Waals surface area contributed by atoms with E-state index in [1.165, 1.54) is 12.8 Å². The molecule has 1 aromatic rings. The molecule has 0 bridgehead atoms. The van der Waals surface area contributed by atoms with E-state index in [-0.39, 0.29) is 23.4 Å². The summed E-state index contributed by atoms with van der Waals surface area (Å²) in [5.74, 6) is 0.211. The standard InChI is InChI=1S/C14H17BrF3NS/c15-13-4-2-1-3-12(13)10(9-19-11-5-6-11)7-8-20-14(16,17)18/h1-4,10-11,19H,5-9H2. The minimum absolute atomic E-state index is 0.0692. The van der Waals surface area contributed by atoms with E-state index in [1.54, 1.807) is 0 Å². The van der Waals surface area contributed by atoms with E-state index in [0.717, 1.165) is 16.6 Å². The third-order valence-corrected chi connectivity index (χ3v) is 4.80. The van der Waals surface area contributed by atoms with Crippen molar-refractivity contribution in [3.05, 3.63) is 34.3 Å². The van der Waals surface area contributed by atoms with Crippen LogP contribution in [0.25, 0.3) is 0 Å². The fourth-order valence-corrected chi connectivity index (χ4v) is 3.33. The number of rotatable bonds is 7. The Bertz CT molecular complexity index is 435. The summed E-state index contributed by atoms with van der Waals surface area (Å²) in [6, 6.07) is 8.35. The molecule has 1 aliphatic rings. The molecule has 1 aliphatic carbocycles. The lowest BCUT2D eigenvalue weighted by atomic mass is 9.96. The average Bonchev–Trinajstić information content (AvgIpc) is 3.17. The third-order valence-electron chi connectivity index (χ3n) is 3.31. The van der Waals surface area contributed by atoms with Gasteiger partial charge in [-0.25, -0.2) is 0 Å². The van der Waals surface area contributed by atoms with Crippen LogP contribution in [0.4, 0.5) is 13.2 Å². The van der Waals surface area contributed by atoms with E-state index >= 15 is 0 Å². The summed E-state index contributed by atoms with van der Waals surface area (Å²) in [5.41, 5.74) is -3.05. The molecular weight excluding hydrogens is 351 g/mol. The number of nitrogens with one attached hydrogen (secondary N) is 1. The van der Waals surface area contributed by atoms with Gasteiger partial charge < -0.3 is 5.32 Å². The maximum absolute atomic E-state index is 12.2. The van der Waals surface area contributed by atoms with E-state index in [4.69, 9.17) is 0 Å². The van der Waals surface area contributed by atoms with E-state index in [2.05, 4.69) is 21.2 Å². The largest absolute Gasteiger partial charge is 0.441 e. The number of hydrogen-bond donors (Lipinski definition) is 1. The summed E-state index contributed by atoms with van der Waals surface area (Å²) in [7, 11) is 0. The van der Waals surface area contributed by atoms with Gasteiger partial charge in [-0.3, -0.25) is 0 Å². The summed E-state index contributed by atoms with van der Waals surface area (Å²) in [4.78, 5) is 0. The molecule has 0 radical (unpaired) electrons. The molecule has 1 fully saturated rings. The van der Waals surface area contributed by atoms with Gasteiger partial charge in [0.1, 0.15) is 0 Å². The lowest BCUT2D eigenvalue weighted by Gasteiger charge is -2.19. The number of halogens is 4. The van der Waals surface area contributed by atoms with Crippen LogP contribution in [0.3, 0.4) is 0 Å². The first-order valence-corrected chi connectivity index (χ1v) is 8.42. The Balaban J connectivity index is 1.94. The highest BCUT2D eigenvalue weighted by Gasteiger charge is 2.29. The zero-order valence-electron chi connectivity index (χ0n) is 10.9. The van der Waals surface area contributed by atoms with Gasteiger partial charge in [0.2, 0.25) is 0 Å². The van der Waals surface area contributed by atoms with Gasteiger partial charge in [0.25, 0.3) is 0 Å². The average molecular weight is 368 g/mol. The van der Waals surface area contributed by atoms with Crippen LogP contribution in [-0.2, 0) is 0 Å². The molecule has 1 nitrogen and oxygen atoms in total. The Morgan fingerprint density at radius 3 is 2.60 bits per heavy atom. The molecule has 0 aromatic heterocycles. The number of hydrogen-bond acceptors (Lipinski definition) is 2. The summed E-state index contributed by atoms with van der Waals surface area (Å²) >= 11 is 3.56. The molecule has 6 heteroatoms. The molecular formula is C14H17BrF3NS. The van der Waals surface area contributed by atoms with Crippen molar-refractivity contribution in [2.24, 2.45) is 0 Å². The molecule has 1 N–H and O–H groups in total. The fraction of sp³-hybridized carbons (Fsp3) is 0.571. The Hall–Kier alpha value is -0.200. The summed E-state index contributed by atoms with van der Waals surface area (Å²) in [5, 5.41) is 3.42. The second kappa shape index (κ2) is 7.18. The number of alkyl halides is 3. The summed E-state index contributed by atoms with van der Waals surface area (Å²) in [6.07, 6.45) is 2.88. The Morgan fingerprint density at radius 2 is 2.00 bits per heavy atom. The summed E-state index contributed by atoms with van der Waals surface area (Å²) < 4.78 is 37.7. The molecule has 0 heterocycles. The molecule has 1 unspecified atom stereocenters. The Kier molecular flexibility index (Phi) is 5.81. The Morgan fingerprint density at radius 1 is 1.30 bits per heavy atom. The third kappa shape index (κ3) is 5.66. The molecule has 0 aliphatic heterocycles. The topological polar surface area (TPSA) is 12.0 Å². The van der Waals surface area contributed by atoms with Gasteiger partial charge >= 0.3 is 5.51 Å². The monoisotopic (exact) mass is 367 g/mol. The van der Waals surface area contributed by atoms with Crippen LogP contribution in [-0.4, -0.2) is 23.8 Å². The second-order valence-corrected chi connectivity index (χ2v) is 7.00. The molecule has 1 aromatic carbocycles. The van der Waals surface area contributed by atoms with E-state index in [1.807, 2.05) is 24.3 Å². The smallest absolute Gasteiger partial charge is 0.313 e. The van der Waals surface area contributed by atoms with Gasteiger partial charge in [-0.1, -0.05) is 45.9 Å². The molecule has 2 rings (SSSR count). The predicted octanol–water partition coefficient (Wildman–Crippen LogP) is 4.93. The first kappa shape index (κ1) is 16.2. The highest BCUT2D eigenvalue weighted by molar-refractivity contribution is 9.10. The van der Waals surface area contributed by atoms with E-state index in [9.17, 15) is 13.2 Å². The molecule has 112 valence electrons. The minimum atomic E-state index is -4.14. The molecule has 0 spiro atoms.